The number of amides is 3. The van der Waals surface area contributed by atoms with Gasteiger partial charge < -0.3 is 30.1 Å². The lowest BCUT2D eigenvalue weighted by Crippen LogP contribution is -2.43. The monoisotopic (exact) mass is 834 g/mol. The zero-order valence-electron chi connectivity index (χ0n) is 41.6. The Kier molecular flexibility index (Phi) is 27.5. The van der Waals surface area contributed by atoms with E-state index in [2.05, 4.69) is 91.7 Å². The Morgan fingerprint density at radius 2 is 1.03 bits per heavy atom. The Hall–Kier alpha value is -1.87. The van der Waals surface area contributed by atoms with Gasteiger partial charge >= 0.3 is 6.09 Å². The van der Waals surface area contributed by atoms with Crippen molar-refractivity contribution in [1.82, 2.24) is 25.3 Å². The lowest BCUT2D eigenvalue weighted by Gasteiger charge is -2.35. The fourth-order valence-electron chi connectivity index (χ4n) is 8.60. The summed E-state index contributed by atoms with van der Waals surface area (Å²) in [5.41, 5.74) is -0.387. The summed E-state index contributed by atoms with van der Waals surface area (Å²) in [5.74, 6) is 8.44. The van der Waals surface area contributed by atoms with E-state index in [4.69, 9.17) is 4.74 Å². The van der Waals surface area contributed by atoms with Crippen LogP contribution < -0.4 is 10.6 Å². The van der Waals surface area contributed by atoms with Crippen LogP contribution in [0.2, 0.25) is 0 Å². The molecule has 5 atom stereocenters. The van der Waals surface area contributed by atoms with Crippen LogP contribution in [0.1, 0.15) is 174 Å². The SMILES string of the molecule is CC(=O)N1CCC(C(C)C)C1.CC(C)C1CCCN(C(=O)OC(C)(C)C)C1.CC(C)C1CCCNC1.CC(C)C1CCNC1.CCCCCC(=O)N1CCC(C(C)C)C1. The van der Waals surface area contributed by atoms with Crippen LogP contribution in [-0.2, 0) is 14.3 Å². The summed E-state index contributed by atoms with van der Waals surface area (Å²) in [5, 5.41) is 6.77. The highest BCUT2D eigenvalue weighted by atomic mass is 16.6. The largest absolute Gasteiger partial charge is 0.444 e. The summed E-state index contributed by atoms with van der Waals surface area (Å²) in [6.07, 6.45) is 13.0. The van der Waals surface area contributed by atoms with Gasteiger partial charge in [-0.15, -0.1) is 0 Å². The zero-order chi connectivity index (χ0) is 44.7. The minimum atomic E-state index is -0.387. The standard InChI is InChI=1S/C13H25NO2.C13H25NO.C9H17NO.C8H17N.C7H15N/c1-10(2)11-7-6-8-14(9-11)12(15)16-13(3,4)5;1-4-5-6-7-13(15)14-9-8-12(10-14)11(2)3;1-7(2)9-4-5-10(6-9)8(3)11;1-7(2)8-4-3-5-9-6-8;1-6(2)7-3-4-8-5-7/h10-11H,6-9H2,1-5H3;11-12H,4-10H2,1-3H3;7,9H,4-6H2,1-3H3;7-9H,3-6H2,1-2H3;6-8H,3-5H2,1-2H3. The number of unbranched alkanes of at least 4 members (excludes halogenated alkanes) is 2. The van der Waals surface area contributed by atoms with Gasteiger partial charge in [-0.25, -0.2) is 4.79 Å². The number of piperidine rings is 2. The molecule has 59 heavy (non-hydrogen) atoms. The molecule has 5 aliphatic heterocycles. The number of carbonyl (C=O) groups is 3. The molecule has 5 fully saturated rings. The Balaban J connectivity index is 0.000000377. The molecule has 0 bridgehead atoms. The number of hydrogen-bond acceptors (Lipinski definition) is 6. The van der Waals surface area contributed by atoms with E-state index in [1.165, 1.54) is 77.5 Å². The van der Waals surface area contributed by atoms with Gasteiger partial charge in [0.15, 0.2) is 0 Å². The molecule has 9 nitrogen and oxygen atoms in total. The molecule has 5 heterocycles. The van der Waals surface area contributed by atoms with E-state index in [-0.39, 0.29) is 17.6 Å². The van der Waals surface area contributed by atoms with Gasteiger partial charge in [0.1, 0.15) is 5.60 Å². The molecule has 5 saturated heterocycles. The van der Waals surface area contributed by atoms with Gasteiger partial charge in [-0.05, 0) is 157 Å². The predicted molar refractivity (Wildman–Crippen MR) is 250 cm³/mol. The van der Waals surface area contributed by atoms with Gasteiger partial charge in [0, 0.05) is 52.6 Å². The van der Waals surface area contributed by atoms with Crippen molar-refractivity contribution < 1.29 is 19.1 Å². The molecule has 5 aliphatic rings. The zero-order valence-corrected chi connectivity index (χ0v) is 41.6. The molecule has 0 aromatic carbocycles. The van der Waals surface area contributed by atoms with Crippen LogP contribution in [0, 0.1) is 59.2 Å². The summed E-state index contributed by atoms with van der Waals surface area (Å²) in [6, 6.07) is 0. The molecule has 0 saturated carbocycles. The maximum Gasteiger partial charge on any atom is 0.410 e. The van der Waals surface area contributed by atoms with Crippen LogP contribution in [0.15, 0.2) is 0 Å². The molecule has 5 rings (SSSR count). The number of nitrogens with one attached hydrogen (secondary N) is 2. The second-order valence-electron chi connectivity index (χ2n) is 21.3. The van der Waals surface area contributed by atoms with E-state index >= 15 is 0 Å². The molecule has 5 unspecified atom stereocenters. The van der Waals surface area contributed by atoms with Crippen LogP contribution in [0.25, 0.3) is 0 Å². The van der Waals surface area contributed by atoms with E-state index < -0.39 is 0 Å². The number of likely N-dealkylation sites (tertiary alicyclic amines) is 3. The number of nitrogens with zero attached hydrogens (tertiary/aromatic N) is 3. The summed E-state index contributed by atoms with van der Waals surface area (Å²) in [4.78, 5) is 40.5. The van der Waals surface area contributed by atoms with Crippen molar-refractivity contribution in [3.8, 4) is 0 Å². The molecule has 0 aliphatic carbocycles. The second kappa shape index (κ2) is 29.4. The average Bonchev–Trinajstić information content (AvgIpc) is 3.99. The van der Waals surface area contributed by atoms with Crippen LogP contribution >= 0.6 is 0 Å². The van der Waals surface area contributed by atoms with Crippen molar-refractivity contribution >= 4 is 17.9 Å². The molecule has 9 heteroatoms. The van der Waals surface area contributed by atoms with Gasteiger partial charge in [0.2, 0.25) is 11.8 Å². The fraction of sp³-hybridized carbons (Fsp3) is 0.940. The van der Waals surface area contributed by atoms with Gasteiger partial charge in [-0.1, -0.05) is 89.0 Å². The molecule has 3 amide bonds. The van der Waals surface area contributed by atoms with Crippen molar-refractivity contribution in [3.05, 3.63) is 0 Å². The number of carbonyl (C=O) groups excluding carboxylic acids is 3. The van der Waals surface area contributed by atoms with E-state index in [0.29, 0.717) is 17.7 Å². The normalized spacial score (nSPS) is 24.5. The highest BCUT2D eigenvalue weighted by molar-refractivity contribution is 5.76. The molecular weight excluding hydrogens is 735 g/mol. The quantitative estimate of drug-likeness (QED) is 0.225. The average molecular weight is 834 g/mol. The van der Waals surface area contributed by atoms with Crippen LogP contribution in [0.3, 0.4) is 0 Å². The van der Waals surface area contributed by atoms with E-state index in [1.54, 1.807) is 6.92 Å². The van der Waals surface area contributed by atoms with Crippen LogP contribution in [-0.4, -0.2) is 104 Å². The third-order valence-corrected chi connectivity index (χ3v) is 13.5. The first kappa shape index (κ1) is 55.1. The molecule has 2 N–H and O–H groups in total. The van der Waals surface area contributed by atoms with Crippen molar-refractivity contribution in [2.75, 3.05) is 65.4 Å². The van der Waals surface area contributed by atoms with E-state index in [1.807, 2.05) is 30.6 Å². The first-order valence-electron chi connectivity index (χ1n) is 24.6. The van der Waals surface area contributed by atoms with Crippen LogP contribution in [0.5, 0.6) is 0 Å². The molecule has 0 aromatic heterocycles. The van der Waals surface area contributed by atoms with Crippen molar-refractivity contribution in [3.63, 3.8) is 0 Å². The highest BCUT2D eigenvalue weighted by Crippen LogP contribution is 2.26. The first-order chi connectivity index (χ1) is 27.7. The smallest absolute Gasteiger partial charge is 0.410 e. The van der Waals surface area contributed by atoms with Gasteiger partial charge in [0.05, 0.1) is 0 Å². The molecule has 0 aromatic rings. The molecular formula is C50H99N5O4. The minimum Gasteiger partial charge on any atom is -0.444 e. The molecule has 0 spiro atoms. The Bertz CT molecular complexity index is 1120. The summed E-state index contributed by atoms with van der Waals surface area (Å²) in [6.45, 7) is 42.9. The summed E-state index contributed by atoms with van der Waals surface area (Å²) < 4.78 is 5.39. The Morgan fingerprint density at radius 3 is 1.42 bits per heavy atom. The maximum atomic E-state index is 11.9. The number of rotatable bonds is 9. The number of hydrogen-bond donors (Lipinski definition) is 2. The lowest BCUT2D eigenvalue weighted by molar-refractivity contribution is -0.130. The predicted octanol–water partition coefficient (Wildman–Crippen LogP) is 10.8. The van der Waals surface area contributed by atoms with Crippen LogP contribution in [0.4, 0.5) is 4.79 Å². The van der Waals surface area contributed by atoms with Crippen molar-refractivity contribution in [1.29, 1.82) is 0 Å². The Morgan fingerprint density at radius 1 is 0.576 bits per heavy atom. The Labute approximate surface area is 366 Å². The second-order valence-corrected chi connectivity index (χ2v) is 21.3. The topological polar surface area (TPSA) is 94.2 Å². The first-order valence-corrected chi connectivity index (χ1v) is 24.6. The third kappa shape index (κ3) is 23.8. The fourth-order valence-corrected chi connectivity index (χ4v) is 8.60. The maximum absolute atomic E-state index is 11.9. The van der Waals surface area contributed by atoms with Crippen molar-refractivity contribution in [2.45, 2.75) is 180 Å². The van der Waals surface area contributed by atoms with Gasteiger partial charge in [0.25, 0.3) is 0 Å². The van der Waals surface area contributed by atoms with Gasteiger partial charge in [-0.2, -0.15) is 0 Å². The van der Waals surface area contributed by atoms with E-state index in [0.717, 1.165) is 106 Å². The summed E-state index contributed by atoms with van der Waals surface area (Å²) in [7, 11) is 0. The van der Waals surface area contributed by atoms with Crippen molar-refractivity contribution in [2.24, 2.45) is 59.2 Å². The molecule has 0 radical (unpaired) electrons. The lowest BCUT2D eigenvalue weighted by atomic mass is 9.88. The third-order valence-electron chi connectivity index (χ3n) is 13.5. The molecule has 348 valence electrons. The van der Waals surface area contributed by atoms with Gasteiger partial charge in [-0.3, -0.25) is 9.59 Å². The number of ether oxygens (including phenoxy) is 1. The minimum absolute atomic E-state index is 0.155. The summed E-state index contributed by atoms with van der Waals surface area (Å²) >= 11 is 0. The highest BCUT2D eigenvalue weighted by Gasteiger charge is 2.30. The van der Waals surface area contributed by atoms with E-state index in [9.17, 15) is 14.4 Å².